The molecule has 29 heavy (non-hydrogen) atoms. The fraction of sp³-hybridized carbons (Fsp3) is 0.579. The van der Waals surface area contributed by atoms with Crippen molar-refractivity contribution >= 4 is 33.4 Å². The first-order valence-corrected chi connectivity index (χ1v) is 11.7. The number of carbonyl (C=O) groups excluding carboxylic acids is 2. The molecule has 0 radical (unpaired) electrons. The monoisotopic (exact) mass is 443 g/mol. The second-order valence-corrected chi connectivity index (χ2v) is 9.37. The Hall–Kier alpha value is -1.68. The van der Waals surface area contributed by atoms with Crippen LogP contribution in [0.3, 0.4) is 0 Å². The standard InChI is InChI=1S/C19H26ClN3O5S/c20-16-6-5-14(19(25)21-8-7-18(24)23-9-1-2-10-23)12-17(16)29(26,27)22-13-15-4-3-11-28-15/h5-6,12,15,22H,1-4,7-11,13H2,(H,21,25). The largest absolute Gasteiger partial charge is 0.377 e. The third-order valence-corrected chi connectivity index (χ3v) is 7.00. The van der Waals surface area contributed by atoms with E-state index in [0.29, 0.717) is 6.61 Å². The van der Waals surface area contributed by atoms with Crippen molar-refractivity contribution in [2.45, 2.75) is 43.1 Å². The molecule has 2 heterocycles. The number of amides is 2. The van der Waals surface area contributed by atoms with E-state index in [1.54, 1.807) is 4.90 Å². The molecule has 0 spiro atoms. The van der Waals surface area contributed by atoms with Gasteiger partial charge in [-0.3, -0.25) is 9.59 Å². The van der Waals surface area contributed by atoms with Crippen LogP contribution in [0.5, 0.6) is 0 Å². The van der Waals surface area contributed by atoms with E-state index in [2.05, 4.69) is 10.0 Å². The summed E-state index contributed by atoms with van der Waals surface area (Å²) >= 11 is 6.07. The maximum absolute atomic E-state index is 12.6. The summed E-state index contributed by atoms with van der Waals surface area (Å²) in [6.45, 7) is 2.51. The van der Waals surface area contributed by atoms with Crippen molar-refractivity contribution in [1.29, 1.82) is 0 Å². The van der Waals surface area contributed by atoms with Crippen molar-refractivity contribution in [2.24, 2.45) is 0 Å². The van der Waals surface area contributed by atoms with Crippen LogP contribution in [0.4, 0.5) is 0 Å². The highest BCUT2D eigenvalue weighted by molar-refractivity contribution is 7.89. The van der Waals surface area contributed by atoms with Gasteiger partial charge in [-0.1, -0.05) is 11.6 Å². The Morgan fingerprint density at radius 1 is 1.21 bits per heavy atom. The molecule has 10 heteroatoms. The van der Waals surface area contributed by atoms with E-state index in [0.717, 1.165) is 38.8 Å². The molecule has 1 aromatic rings. The Kier molecular flexibility index (Phi) is 7.50. The van der Waals surface area contributed by atoms with Gasteiger partial charge in [-0.2, -0.15) is 0 Å². The van der Waals surface area contributed by atoms with Gasteiger partial charge in [0.15, 0.2) is 0 Å². The molecular formula is C19H26ClN3O5S. The van der Waals surface area contributed by atoms with Gasteiger partial charge in [0.05, 0.1) is 11.1 Å². The second-order valence-electron chi connectivity index (χ2n) is 7.23. The number of nitrogens with zero attached hydrogens (tertiary/aromatic N) is 1. The molecule has 3 rings (SSSR count). The van der Waals surface area contributed by atoms with Crippen molar-refractivity contribution in [1.82, 2.24) is 14.9 Å². The Morgan fingerprint density at radius 3 is 2.66 bits per heavy atom. The molecule has 0 aliphatic carbocycles. The minimum Gasteiger partial charge on any atom is -0.377 e. The summed E-state index contributed by atoms with van der Waals surface area (Å²) in [6, 6.07) is 4.09. The lowest BCUT2D eigenvalue weighted by molar-refractivity contribution is -0.129. The van der Waals surface area contributed by atoms with Crippen LogP contribution in [0, 0.1) is 0 Å². The van der Waals surface area contributed by atoms with Gasteiger partial charge >= 0.3 is 0 Å². The smallest absolute Gasteiger partial charge is 0.251 e. The zero-order valence-electron chi connectivity index (χ0n) is 16.2. The molecule has 1 unspecified atom stereocenters. The molecule has 0 aromatic heterocycles. The van der Waals surface area contributed by atoms with Gasteiger partial charge in [0.1, 0.15) is 4.90 Å². The van der Waals surface area contributed by atoms with E-state index in [-0.39, 0.29) is 47.0 Å². The van der Waals surface area contributed by atoms with Crippen molar-refractivity contribution in [3.63, 3.8) is 0 Å². The van der Waals surface area contributed by atoms with Crippen LogP contribution in [0.15, 0.2) is 23.1 Å². The fourth-order valence-corrected chi connectivity index (χ4v) is 5.04. The van der Waals surface area contributed by atoms with Gasteiger partial charge in [-0.15, -0.1) is 0 Å². The molecule has 2 aliphatic rings. The van der Waals surface area contributed by atoms with E-state index in [1.165, 1.54) is 18.2 Å². The zero-order valence-corrected chi connectivity index (χ0v) is 17.7. The maximum Gasteiger partial charge on any atom is 0.251 e. The van der Waals surface area contributed by atoms with Gasteiger partial charge in [0, 0.05) is 44.8 Å². The molecule has 2 amide bonds. The zero-order chi connectivity index (χ0) is 20.9. The molecular weight excluding hydrogens is 418 g/mol. The number of likely N-dealkylation sites (tertiary alicyclic amines) is 1. The van der Waals surface area contributed by atoms with Gasteiger partial charge in [0.25, 0.3) is 5.91 Å². The summed E-state index contributed by atoms with van der Waals surface area (Å²) in [5, 5.41) is 2.70. The average molecular weight is 444 g/mol. The van der Waals surface area contributed by atoms with Gasteiger partial charge in [0.2, 0.25) is 15.9 Å². The first kappa shape index (κ1) is 22.0. The Morgan fingerprint density at radius 2 is 1.97 bits per heavy atom. The van der Waals surface area contributed by atoms with Crippen LogP contribution in [-0.2, 0) is 19.6 Å². The third-order valence-electron chi connectivity index (χ3n) is 5.09. The van der Waals surface area contributed by atoms with Crippen LogP contribution in [0.25, 0.3) is 0 Å². The minimum absolute atomic E-state index is 0.0144. The fourth-order valence-electron chi connectivity index (χ4n) is 3.45. The molecule has 2 saturated heterocycles. The van der Waals surface area contributed by atoms with Crippen molar-refractivity contribution < 1.29 is 22.7 Å². The highest BCUT2D eigenvalue weighted by Crippen LogP contribution is 2.23. The van der Waals surface area contributed by atoms with Crippen LogP contribution in [-0.4, -0.2) is 64.0 Å². The molecule has 1 aromatic carbocycles. The number of nitrogens with one attached hydrogen (secondary N) is 2. The van der Waals surface area contributed by atoms with Gasteiger partial charge in [-0.05, 0) is 43.9 Å². The number of rotatable bonds is 8. The highest BCUT2D eigenvalue weighted by Gasteiger charge is 2.23. The average Bonchev–Trinajstić information content (AvgIpc) is 3.40. The Bertz CT molecular complexity index is 849. The van der Waals surface area contributed by atoms with Crippen molar-refractivity contribution in [2.75, 3.05) is 32.8 Å². The van der Waals surface area contributed by atoms with E-state index in [4.69, 9.17) is 16.3 Å². The van der Waals surface area contributed by atoms with Gasteiger partial charge < -0.3 is 15.0 Å². The Balaban J connectivity index is 1.58. The topological polar surface area (TPSA) is 105 Å². The second kappa shape index (κ2) is 9.88. The predicted octanol–water partition coefficient (Wildman–Crippen LogP) is 1.54. The van der Waals surface area contributed by atoms with E-state index >= 15 is 0 Å². The molecule has 8 nitrogen and oxygen atoms in total. The van der Waals surface area contributed by atoms with Crippen LogP contribution < -0.4 is 10.0 Å². The first-order chi connectivity index (χ1) is 13.9. The number of sulfonamides is 1. The number of halogens is 1. The van der Waals surface area contributed by atoms with E-state index in [1.807, 2.05) is 0 Å². The summed E-state index contributed by atoms with van der Waals surface area (Å²) in [6.07, 6.45) is 3.80. The van der Waals surface area contributed by atoms with E-state index < -0.39 is 15.9 Å². The van der Waals surface area contributed by atoms with Crippen LogP contribution in [0.1, 0.15) is 42.5 Å². The minimum atomic E-state index is -3.88. The van der Waals surface area contributed by atoms with Crippen LogP contribution in [0.2, 0.25) is 5.02 Å². The molecule has 0 bridgehead atoms. The number of ether oxygens (including phenoxy) is 1. The summed E-state index contributed by atoms with van der Waals surface area (Å²) in [5.74, 6) is -0.438. The molecule has 2 N–H and O–H groups in total. The summed E-state index contributed by atoms with van der Waals surface area (Å²) < 4.78 is 33.1. The summed E-state index contributed by atoms with van der Waals surface area (Å²) in [5.41, 5.74) is 0.167. The highest BCUT2D eigenvalue weighted by atomic mass is 35.5. The third kappa shape index (κ3) is 5.91. The lowest BCUT2D eigenvalue weighted by Crippen LogP contribution is -2.33. The molecule has 1 atom stereocenters. The predicted molar refractivity (Wildman–Crippen MR) is 108 cm³/mol. The Labute approximate surface area is 176 Å². The van der Waals surface area contributed by atoms with Crippen molar-refractivity contribution in [3.8, 4) is 0 Å². The number of carbonyl (C=O) groups is 2. The first-order valence-electron chi connectivity index (χ1n) is 9.83. The SMILES string of the molecule is O=C(NCCC(=O)N1CCCC1)c1ccc(Cl)c(S(=O)(=O)NCC2CCCO2)c1. The summed E-state index contributed by atoms with van der Waals surface area (Å²) in [7, 11) is -3.88. The maximum atomic E-state index is 12.6. The van der Waals surface area contributed by atoms with Gasteiger partial charge in [-0.25, -0.2) is 13.1 Å². The number of hydrogen-bond acceptors (Lipinski definition) is 5. The normalized spacial score (nSPS) is 19.5. The van der Waals surface area contributed by atoms with E-state index in [9.17, 15) is 18.0 Å². The van der Waals surface area contributed by atoms with Crippen LogP contribution >= 0.6 is 11.6 Å². The number of benzene rings is 1. The number of hydrogen-bond donors (Lipinski definition) is 2. The molecule has 2 aliphatic heterocycles. The lowest BCUT2D eigenvalue weighted by Gasteiger charge is -2.15. The summed E-state index contributed by atoms with van der Waals surface area (Å²) in [4.78, 5) is 26.1. The lowest BCUT2D eigenvalue weighted by atomic mass is 10.2. The molecule has 2 fully saturated rings. The molecule has 0 saturated carbocycles. The van der Waals surface area contributed by atoms with Crippen molar-refractivity contribution in [3.05, 3.63) is 28.8 Å². The molecule has 160 valence electrons. The quantitative estimate of drug-likeness (QED) is 0.634.